The Kier molecular flexibility index (Phi) is 7.21. The largest absolute Gasteiger partial charge is 0.351 e. The smallest absolute Gasteiger partial charge is 0.267 e. The van der Waals surface area contributed by atoms with Crippen molar-refractivity contribution in [2.75, 3.05) is 13.1 Å². The van der Waals surface area contributed by atoms with Gasteiger partial charge in [-0.3, -0.25) is 4.79 Å². The second-order valence-corrected chi connectivity index (χ2v) is 6.25. The van der Waals surface area contributed by atoms with Crippen molar-refractivity contribution >= 4 is 29.2 Å². The van der Waals surface area contributed by atoms with Gasteiger partial charge in [0.25, 0.3) is 5.91 Å². The van der Waals surface area contributed by atoms with Gasteiger partial charge in [-0.15, -0.1) is 12.4 Å². The number of hydrogen-bond acceptors (Lipinski definition) is 3. The van der Waals surface area contributed by atoms with Gasteiger partial charge in [-0.05, 0) is 42.6 Å². The Morgan fingerprint density at radius 2 is 1.85 bits per heavy atom. The molecule has 1 amide bonds. The van der Waals surface area contributed by atoms with Crippen molar-refractivity contribution in [3.63, 3.8) is 0 Å². The molecule has 1 atom stereocenters. The molecule has 1 unspecified atom stereocenters. The lowest BCUT2D eigenvalue weighted by Gasteiger charge is -2.11. The van der Waals surface area contributed by atoms with Crippen molar-refractivity contribution < 1.29 is 4.79 Å². The molecule has 1 aromatic heterocycles. The molecule has 0 bridgehead atoms. The molecule has 3 rings (SSSR count). The summed E-state index contributed by atoms with van der Waals surface area (Å²) >= 11 is 0. The highest BCUT2D eigenvalue weighted by molar-refractivity contribution is 5.98. The van der Waals surface area contributed by atoms with Crippen LogP contribution < -0.4 is 16.8 Å². The number of rotatable bonds is 7. The van der Waals surface area contributed by atoms with E-state index in [-0.39, 0.29) is 24.4 Å². The zero-order chi connectivity index (χ0) is 17.6. The van der Waals surface area contributed by atoms with Gasteiger partial charge in [0.05, 0.1) is 0 Å². The molecule has 0 aliphatic heterocycles. The van der Waals surface area contributed by atoms with Crippen LogP contribution in [0.5, 0.6) is 0 Å². The van der Waals surface area contributed by atoms with E-state index in [0.717, 1.165) is 34.9 Å². The summed E-state index contributed by atoms with van der Waals surface area (Å²) in [7, 11) is 0. The number of hydrogen-bond donors (Lipinski definition) is 4. The van der Waals surface area contributed by atoms with E-state index in [4.69, 9.17) is 11.5 Å². The molecular weight excluding hydrogens is 348 g/mol. The van der Waals surface area contributed by atoms with Crippen LogP contribution in [-0.4, -0.2) is 30.0 Å². The molecule has 138 valence electrons. The summed E-state index contributed by atoms with van der Waals surface area (Å²) in [5, 5.41) is 3.89. The predicted octanol–water partition coefficient (Wildman–Crippen LogP) is 3.05. The third-order valence-electron chi connectivity index (χ3n) is 4.28. The normalized spacial score (nSPS) is 11.8. The van der Waals surface area contributed by atoms with Crippen LogP contribution in [0.1, 0.15) is 23.3 Å². The summed E-state index contributed by atoms with van der Waals surface area (Å²) in [6.45, 7) is 1.07. The number of aromatic amines is 1. The maximum absolute atomic E-state index is 12.3. The average molecular weight is 373 g/mol. The number of nitrogens with two attached hydrogens (primary N) is 2. The fraction of sp³-hybridized carbons (Fsp3) is 0.250. The molecule has 3 aromatic rings. The zero-order valence-electron chi connectivity index (χ0n) is 14.6. The lowest BCUT2D eigenvalue weighted by molar-refractivity contribution is 0.0946. The van der Waals surface area contributed by atoms with E-state index < -0.39 is 0 Å². The lowest BCUT2D eigenvalue weighted by Crippen LogP contribution is -2.37. The highest BCUT2D eigenvalue weighted by Crippen LogP contribution is 2.24. The number of benzene rings is 2. The van der Waals surface area contributed by atoms with Gasteiger partial charge in [0.2, 0.25) is 0 Å². The topological polar surface area (TPSA) is 96.9 Å². The highest BCUT2D eigenvalue weighted by atomic mass is 35.5. The SMILES string of the molecule is Cl.NCCCC(N)CNC(=O)c1cc2ccc(-c3ccccc3)cc2[nH]1. The maximum Gasteiger partial charge on any atom is 0.267 e. The monoisotopic (exact) mass is 372 g/mol. The molecular formula is C20H25ClN4O. The minimum absolute atomic E-state index is 0. The Morgan fingerprint density at radius 1 is 1.08 bits per heavy atom. The molecule has 0 fully saturated rings. The second-order valence-electron chi connectivity index (χ2n) is 6.25. The number of nitrogens with one attached hydrogen (secondary N) is 2. The van der Waals surface area contributed by atoms with Crippen LogP contribution >= 0.6 is 12.4 Å². The number of aromatic nitrogens is 1. The quantitative estimate of drug-likeness (QED) is 0.513. The summed E-state index contributed by atoms with van der Waals surface area (Å²) < 4.78 is 0. The van der Waals surface area contributed by atoms with E-state index in [1.807, 2.05) is 30.3 Å². The first-order chi connectivity index (χ1) is 12.2. The molecule has 26 heavy (non-hydrogen) atoms. The fourth-order valence-corrected chi connectivity index (χ4v) is 2.86. The van der Waals surface area contributed by atoms with Gasteiger partial charge in [0.15, 0.2) is 0 Å². The highest BCUT2D eigenvalue weighted by Gasteiger charge is 2.11. The number of carbonyl (C=O) groups is 1. The predicted molar refractivity (Wildman–Crippen MR) is 110 cm³/mol. The molecule has 0 saturated heterocycles. The van der Waals surface area contributed by atoms with Crippen LogP contribution in [0.25, 0.3) is 22.0 Å². The van der Waals surface area contributed by atoms with E-state index in [1.54, 1.807) is 0 Å². The number of H-pyrrole nitrogens is 1. The van der Waals surface area contributed by atoms with Crippen molar-refractivity contribution in [1.29, 1.82) is 0 Å². The van der Waals surface area contributed by atoms with Crippen molar-refractivity contribution in [3.8, 4) is 11.1 Å². The van der Waals surface area contributed by atoms with E-state index in [2.05, 4.69) is 34.6 Å². The van der Waals surface area contributed by atoms with Crippen molar-refractivity contribution in [1.82, 2.24) is 10.3 Å². The van der Waals surface area contributed by atoms with Crippen LogP contribution in [0.15, 0.2) is 54.6 Å². The molecule has 0 aliphatic carbocycles. The van der Waals surface area contributed by atoms with E-state index in [9.17, 15) is 4.79 Å². The van der Waals surface area contributed by atoms with E-state index >= 15 is 0 Å². The first kappa shape index (κ1) is 20.0. The molecule has 6 N–H and O–H groups in total. The van der Waals surface area contributed by atoms with Crippen molar-refractivity contribution in [3.05, 3.63) is 60.3 Å². The maximum atomic E-state index is 12.3. The molecule has 0 radical (unpaired) electrons. The Hall–Kier alpha value is -2.34. The van der Waals surface area contributed by atoms with Gasteiger partial charge in [0.1, 0.15) is 5.69 Å². The summed E-state index contributed by atoms with van der Waals surface area (Å²) in [5.74, 6) is -0.138. The van der Waals surface area contributed by atoms with Crippen LogP contribution in [0, 0.1) is 0 Å². The van der Waals surface area contributed by atoms with Gasteiger partial charge in [0, 0.05) is 23.5 Å². The van der Waals surface area contributed by atoms with Crippen molar-refractivity contribution in [2.45, 2.75) is 18.9 Å². The van der Waals surface area contributed by atoms with Crippen LogP contribution in [0.4, 0.5) is 0 Å². The van der Waals surface area contributed by atoms with Crippen LogP contribution in [0.3, 0.4) is 0 Å². The second kappa shape index (κ2) is 9.38. The van der Waals surface area contributed by atoms with E-state index in [0.29, 0.717) is 18.8 Å². The third kappa shape index (κ3) is 4.85. The number of carbonyl (C=O) groups excluding carboxylic acids is 1. The first-order valence-corrected chi connectivity index (χ1v) is 8.59. The number of fused-ring (bicyclic) bond motifs is 1. The molecule has 0 aliphatic rings. The van der Waals surface area contributed by atoms with E-state index in [1.165, 1.54) is 0 Å². The Bertz CT molecular complexity index is 847. The minimum Gasteiger partial charge on any atom is -0.351 e. The van der Waals surface area contributed by atoms with Gasteiger partial charge in [-0.25, -0.2) is 0 Å². The summed E-state index contributed by atoms with van der Waals surface area (Å²) in [5.41, 5.74) is 15.2. The van der Waals surface area contributed by atoms with Crippen LogP contribution in [0.2, 0.25) is 0 Å². The molecule has 5 nitrogen and oxygen atoms in total. The van der Waals surface area contributed by atoms with Crippen LogP contribution in [-0.2, 0) is 0 Å². The fourth-order valence-electron chi connectivity index (χ4n) is 2.86. The Morgan fingerprint density at radius 3 is 2.58 bits per heavy atom. The summed E-state index contributed by atoms with van der Waals surface area (Å²) in [6, 6.07) is 18.1. The molecule has 0 saturated carbocycles. The van der Waals surface area contributed by atoms with Gasteiger partial charge in [-0.2, -0.15) is 0 Å². The molecule has 2 aromatic carbocycles. The number of halogens is 1. The van der Waals surface area contributed by atoms with Crippen molar-refractivity contribution in [2.24, 2.45) is 11.5 Å². The number of amides is 1. The zero-order valence-corrected chi connectivity index (χ0v) is 15.4. The van der Waals surface area contributed by atoms with Gasteiger partial charge in [-0.1, -0.05) is 42.5 Å². The minimum atomic E-state index is -0.138. The lowest BCUT2D eigenvalue weighted by atomic mass is 10.0. The Labute approximate surface area is 159 Å². The summed E-state index contributed by atoms with van der Waals surface area (Å²) in [6.07, 6.45) is 1.68. The van der Waals surface area contributed by atoms with Gasteiger partial charge >= 0.3 is 0 Å². The Balaban J connectivity index is 0.00000243. The standard InChI is InChI=1S/C20H24N4O.ClH/c21-10-4-7-17(22)13-23-20(25)19-12-16-9-8-15(11-18(16)24-19)14-5-2-1-3-6-14;/h1-3,5-6,8-9,11-12,17,24H,4,7,10,13,21-22H2,(H,23,25);1H. The van der Waals surface area contributed by atoms with Gasteiger partial charge < -0.3 is 21.8 Å². The molecule has 1 heterocycles. The summed E-state index contributed by atoms with van der Waals surface area (Å²) in [4.78, 5) is 15.5. The first-order valence-electron chi connectivity index (χ1n) is 8.59. The molecule has 6 heteroatoms. The molecule has 0 spiro atoms. The third-order valence-corrected chi connectivity index (χ3v) is 4.28. The average Bonchev–Trinajstić information content (AvgIpc) is 3.08.